The highest BCUT2D eigenvalue weighted by atomic mass is 32.1. The zero-order chi connectivity index (χ0) is 16.7. The molecule has 24 heavy (non-hydrogen) atoms. The molecule has 4 rings (SSSR count). The minimum atomic E-state index is -0.102. The van der Waals surface area contributed by atoms with Gasteiger partial charge in [0.1, 0.15) is 10.7 Å². The van der Waals surface area contributed by atoms with Gasteiger partial charge >= 0.3 is 5.97 Å². The third kappa shape index (κ3) is 2.65. The lowest BCUT2D eigenvalue weighted by Gasteiger charge is -2.32. The summed E-state index contributed by atoms with van der Waals surface area (Å²) >= 11 is 3.14. The second kappa shape index (κ2) is 5.97. The van der Waals surface area contributed by atoms with E-state index in [2.05, 4.69) is 4.98 Å². The van der Waals surface area contributed by atoms with E-state index in [0.29, 0.717) is 18.8 Å². The summed E-state index contributed by atoms with van der Waals surface area (Å²) in [7, 11) is 1.44. The number of likely N-dealkylation sites (tertiary alicyclic amines) is 1. The number of carbonyl (C=O) groups is 2. The Hall–Kier alpha value is -1.73. The smallest absolute Gasteiger partial charge is 0.309 e. The van der Waals surface area contributed by atoms with Crippen molar-refractivity contribution in [2.24, 2.45) is 11.3 Å². The van der Waals surface area contributed by atoms with E-state index in [-0.39, 0.29) is 23.2 Å². The zero-order valence-corrected chi connectivity index (χ0v) is 15.0. The first-order valence-corrected chi connectivity index (χ1v) is 9.75. The van der Waals surface area contributed by atoms with E-state index in [1.54, 1.807) is 11.3 Å². The second-order valence-electron chi connectivity index (χ2n) is 6.45. The number of rotatable bonds is 3. The maximum Gasteiger partial charge on any atom is 0.309 e. The topological polar surface area (TPSA) is 59.5 Å². The van der Waals surface area contributed by atoms with Crippen LogP contribution in [0.5, 0.6) is 0 Å². The van der Waals surface area contributed by atoms with Crippen molar-refractivity contribution >= 4 is 34.6 Å². The van der Waals surface area contributed by atoms with Gasteiger partial charge in [-0.1, -0.05) is 6.07 Å². The molecule has 2 aromatic heterocycles. The molecule has 1 saturated carbocycles. The third-order valence-corrected chi connectivity index (χ3v) is 7.06. The van der Waals surface area contributed by atoms with Crippen molar-refractivity contribution in [3.8, 4) is 9.88 Å². The van der Waals surface area contributed by atoms with Crippen LogP contribution in [-0.2, 0) is 9.53 Å². The summed E-state index contributed by atoms with van der Waals surface area (Å²) in [6, 6.07) is 4.00. The number of thiazole rings is 1. The molecule has 7 heteroatoms. The Morgan fingerprint density at radius 1 is 1.33 bits per heavy atom. The van der Waals surface area contributed by atoms with Gasteiger partial charge in [0.2, 0.25) is 0 Å². The molecule has 1 aliphatic heterocycles. The van der Waals surface area contributed by atoms with Gasteiger partial charge in [-0.25, -0.2) is 4.98 Å². The molecule has 3 heterocycles. The van der Waals surface area contributed by atoms with Crippen LogP contribution in [-0.4, -0.2) is 42.0 Å². The average Bonchev–Trinajstić information content (AvgIpc) is 3.05. The summed E-state index contributed by atoms with van der Waals surface area (Å²) in [4.78, 5) is 31.8. The lowest BCUT2D eigenvalue weighted by Crippen LogP contribution is -2.40. The first-order chi connectivity index (χ1) is 11.6. The van der Waals surface area contributed by atoms with Crippen molar-refractivity contribution in [1.29, 1.82) is 0 Å². The van der Waals surface area contributed by atoms with E-state index in [4.69, 9.17) is 4.74 Å². The molecule has 0 bridgehead atoms. The predicted octanol–water partition coefficient (Wildman–Crippen LogP) is 3.29. The van der Waals surface area contributed by atoms with Crippen LogP contribution in [0.4, 0.5) is 0 Å². The van der Waals surface area contributed by atoms with Crippen LogP contribution in [0.3, 0.4) is 0 Å². The highest BCUT2D eigenvalue weighted by Gasteiger charge is 2.59. The predicted molar refractivity (Wildman–Crippen MR) is 93.1 cm³/mol. The fraction of sp³-hybridized carbons (Fsp3) is 0.471. The summed E-state index contributed by atoms with van der Waals surface area (Å²) < 4.78 is 4.86. The van der Waals surface area contributed by atoms with Gasteiger partial charge in [0, 0.05) is 18.5 Å². The van der Waals surface area contributed by atoms with Gasteiger partial charge in [0.05, 0.1) is 17.9 Å². The molecule has 5 nitrogen and oxygen atoms in total. The van der Waals surface area contributed by atoms with Crippen LogP contribution < -0.4 is 0 Å². The fourth-order valence-electron chi connectivity index (χ4n) is 3.58. The molecule has 0 radical (unpaired) electrons. The normalized spacial score (nSPS) is 21.7. The van der Waals surface area contributed by atoms with Gasteiger partial charge in [0.15, 0.2) is 0 Å². The molecule has 0 aromatic carbocycles. The quantitative estimate of drug-likeness (QED) is 0.786. The lowest BCUT2D eigenvalue weighted by molar-refractivity contribution is -0.143. The van der Waals surface area contributed by atoms with E-state index < -0.39 is 0 Å². The van der Waals surface area contributed by atoms with Crippen molar-refractivity contribution in [3.63, 3.8) is 0 Å². The number of amides is 1. The summed E-state index contributed by atoms with van der Waals surface area (Å²) in [6.07, 6.45) is 2.65. The molecule has 1 aliphatic carbocycles. The molecule has 2 aliphatic rings. The highest BCUT2D eigenvalue weighted by molar-refractivity contribution is 7.20. The average molecular weight is 362 g/mol. The summed E-state index contributed by atoms with van der Waals surface area (Å²) in [5, 5.41) is 4.75. The van der Waals surface area contributed by atoms with Crippen LogP contribution in [0.15, 0.2) is 22.9 Å². The molecule has 1 saturated heterocycles. The zero-order valence-electron chi connectivity index (χ0n) is 13.4. The highest BCUT2D eigenvalue weighted by Crippen LogP contribution is 2.59. The van der Waals surface area contributed by atoms with Crippen molar-refractivity contribution in [2.45, 2.75) is 19.3 Å². The number of esters is 1. The van der Waals surface area contributed by atoms with Crippen LogP contribution in [0, 0.1) is 11.3 Å². The van der Waals surface area contributed by atoms with Crippen molar-refractivity contribution in [2.75, 3.05) is 20.2 Å². The number of piperidine rings is 1. The van der Waals surface area contributed by atoms with Gasteiger partial charge in [-0.15, -0.1) is 22.7 Å². The molecule has 2 aromatic rings. The molecule has 126 valence electrons. The number of nitrogens with zero attached hydrogens (tertiary/aromatic N) is 2. The van der Waals surface area contributed by atoms with E-state index >= 15 is 0 Å². The number of hydrogen-bond acceptors (Lipinski definition) is 6. The molecule has 1 atom stereocenters. The van der Waals surface area contributed by atoms with Crippen molar-refractivity contribution in [1.82, 2.24) is 9.88 Å². The lowest BCUT2D eigenvalue weighted by atomic mass is 9.90. The van der Waals surface area contributed by atoms with Gasteiger partial charge in [-0.05, 0) is 36.1 Å². The second-order valence-corrected chi connectivity index (χ2v) is 8.26. The van der Waals surface area contributed by atoms with Gasteiger partial charge in [-0.3, -0.25) is 9.59 Å². The number of aromatic nitrogens is 1. The summed E-state index contributed by atoms with van der Waals surface area (Å²) in [5.41, 5.74) is 0.605. The summed E-state index contributed by atoms with van der Waals surface area (Å²) in [6.45, 7) is 1.39. The molecule has 1 amide bonds. The molecule has 1 unspecified atom stereocenters. The Kier molecular flexibility index (Phi) is 3.92. The molecular formula is C17H18N2O3S2. The number of carbonyl (C=O) groups excluding carboxylic acids is 2. The maximum absolute atomic E-state index is 12.7. The first-order valence-electron chi connectivity index (χ1n) is 7.99. The SMILES string of the molecule is COC(=O)C1CC12CCN(C(=O)c1csc(-c3cccs3)n1)CC2. The Morgan fingerprint density at radius 2 is 2.12 bits per heavy atom. The van der Waals surface area contributed by atoms with E-state index in [9.17, 15) is 9.59 Å². The Balaban J connectivity index is 1.40. The van der Waals surface area contributed by atoms with E-state index in [1.807, 2.05) is 27.8 Å². The maximum atomic E-state index is 12.7. The molecule has 2 fully saturated rings. The van der Waals surface area contributed by atoms with Crippen LogP contribution in [0.2, 0.25) is 0 Å². The first kappa shape index (κ1) is 15.8. The molecule has 1 spiro atoms. The standard InChI is InChI=1S/C17H18N2O3S2/c1-22-16(21)11-9-17(11)4-6-19(7-5-17)15(20)12-10-24-14(18-12)13-3-2-8-23-13/h2-3,8,10-11H,4-7,9H2,1H3. The van der Waals surface area contributed by atoms with Crippen LogP contribution in [0.25, 0.3) is 9.88 Å². The summed E-state index contributed by atoms with van der Waals surface area (Å²) in [5.74, 6) is -0.0708. The third-order valence-electron chi connectivity index (χ3n) is 5.18. The van der Waals surface area contributed by atoms with Crippen molar-refractivity contribution < 1.29 is 14.3 Å². The molecular weight excluding hydrogens is 344 g/mol. The van der Waals surface area contributed by atoms with Gasteiger partial charge in [-0.2, -0.15) is 0 Å². The van der Waals surface area contributed by atoms with Crippen LogP contribution in [0.1, 0.15) is 29.8 Å². The van der Waals surface area contributed by atoms with Crippen molar-refractivity contribution in [3.05, 3.63) is 28.6 Å². The van der Waals surface area contributed by atoms with Crippen LogP contribution >= 0.6 is 22.7 Å². The molecule has 0 N–H and O–H groups in total. The monoisotopic (exact) mass is 362 g/mol. The number of ether oxygens (including phenoxy) is 1. The number of methoxy groups -OCH3 is 1. The fourth-order valence-corrected chi connectivity index (χ4v) is 5.19. The largest absolute Gasteiger partial charge is 0.469 e. The van der Waals surface area contributed by atoms with Gasteiger partial charge in [0.25, 0.3) is 5.91 Å². The van der Waals surface area contributed by atoms with E-state index in [0.717, 1.165) is 29.1 Å². The Bertz CT molecular complexity index is 761. The minimum absolute atomic E-state index is 0.000765. The Morgan fingerprint density at radius 3 is 2.79 bits per heavy atom. The number of hydrogen-bond donors (Lipinski definition) is 0. The minimum Gasteiger partial charge on any atom is -0.469 e. The number of thiophene rings is 1. The van der Waals surface area contributed by atoms with Gasteiger partial charge < -0.3 is 9.64 Å². The Labute approximate surface area is 148 Å². The van der Waals surface area contributed by atoms with E-state index in [1.165, 1.54) is 18.4 Å².